The maximum absolute atomic E-state index is 12.6. The molecule has 0 aromatic heterocycles. The summed E-state index contributed by atoms with van der Waals surface area (Å²) in [5.74, 6) is 2.71. The molecule has 1 saturated heterocycles. The fraction of sp³-hybridized carbons (Fsp3) is 0.381. The van der Waals surface area contributed by atoms with Gasteiger partial charge in [0.2, 0.25) is 0 Å². The molecule has 0 bridgehead atoms. The van der Waals surface area contributed by atoms with Crippen LogP contribution in [0.1, 0.15) is 34.7 Å². The number of nitrogens with zero attached hydrogens (tertiary/aromatic N) is 1. The minimum Gasteiger partial charge on any atom is -0.492 e. The number of hydrogen-bond donors (Lipinski definition) is 0. The van der Waals surface area contributed by atoms with Crippen LogP contribution in [-0.2, 0) is 0 Å². The number of ketones is 1. The molecule has 2 aliphatic heterocycles. The van der Waals surface area contributed by atoms with Crippen molar-refractivity contribution in [1.82, 2.24) is 4.90 Å². The molecule has 3 nitrogen and oxygen atoms in total. The fourth-order valence-electron chi connectivity index (χ4n) is 3.65. The van der Waals surface area contributed by atoms with E-state index in [9.17, 15) is 4.79 Å². The maximum Gasteiger partial charge on any atom is 0.164 e. The summed E-state index contributed by atoms with van der Waals surface area (Å²) in [5.41, 5.74) is 2.23. The van der Waals surface area contributed by atoms with E-state index in [0.717, 1.165) is 48.2 Å². The molecule has 2 aromatic rings. The van der Waals surface area contributed by atoms with Gasteiger partial charge in [-0.05, 0) is 42.6 Å². The van der Waals surface area contributed by atoms with E-state index in [4.69, 9.17) is 4.74 Å². The average molecular weight is 353 g/mol. The largest absolute Gasteiger partial charge is 0.492 e. The van der Waals surface area contributed by atoms with E-state index in [2.05, 4.69) is 35.2 Å². The monoisotopic (exact) mass is 353 g/mol. The molecule has 0 spiro atoms. The predicted molar refractivity (Wildman–Crippen MR) is 102 cm³/mol. The first-order chi connectivity index (χ1) is 12.3. The number of likely N-dealkylation sites (tertiary alicyclic amines) is 1. The fourth-order valence-corrected chi connectivity index (χ4v) is 4.52. The van der Waals surface area contributed by atoms with Crippen LogP contribution in [0.25, 0.3) is 0 Å². The highest BCUT2D eigenvalue weighted by Gasteiger charge is 2.24. The van der Waals surface area contributed by atoms with E-state index >= 15 is 0 Å². The first-order valence-corrected chi connectivity index (χ1v) is 9.98. The van der Waals surface area contributed by atoms with Crippen molar-refractivity contribution >= 4 is 17.5 Å². The quantitative estimate of drug-likeness (QED) is 0.752. The Morgan fingerprint density at radius 3 is 2.96 bits per heavy atom. The highest BCUT2D eigenvalue weighted by atomic mass is 32.2. The average Bonchev–Trinajstić information content (AvgIpc) is 3.15. The van der Waals surface area contributed by atoms with Crippen LogP contribution in [0.4, 0.5) is 0 Å². The van der Waals surface area contributed by atoms with Crippen molar-refractivity contribution in [2.24, 2.45) is 0 Å². The summed E-state index contributed by atoms with van der Waals surface area (Å²) >= 11 is 1.77. The number of ether oxygens (including phenoxy) is 1. The van der Waals surface area contributed by atoms with Crippen LogP contribution in [0.5, 0.6) is 5.75 Å². The number of rotatable bonds is 5. The van der Waals surface area contributed by atoms with E-state index < -0.39 is 0 Å². The van der Waals surface area contributed by atoms with Crippen LogP contribution in [0.15, 0.2) is 53.4 Å². The molecule has 4 heteroatoms. The molecule has 0 amide bonds. The normalized spacial score (nSPS) is 20.1. The van der Waals surface area contributed by atoms with Gasteiger partial charge in [0.15, 0.2) is 5.78 Å². The Kier molecular flexibility index (Phi) is 5.09. The van der Waals surface area contributed by atoms with Gasteiger partial charge in [0.05, 0.1) is 11.5 Å². The Morgan fingerprint density at radius 2 is 2.08 bits per heavy atom. The Labute approximate surface area is 153 Å². The smallest absolute Gasteiger partial charge is 0.164 e. The summed E-state index contributed by atoms with van der Waals surface area (Å²) in [6, 6.07) is 16.6. The van der Waals surface area contributed by atoms with Gasteiger partial charge in [-0.25, -0.2) is 0 Å². The number of Topliss-reactive ketones (excluding diaryl/α,β-unsaturated/α-hetero) is 1. The van der Waals surface area contributed by atoms with Crippen LogP contribution in [-0.4, -0.2) is 42.7 Å². The topological polar surface area (TPSA) is 29.5 Å². The highest BCUT2D eigenvalue weighted by Crippen LogP contribution is 2.34. The van der Waals surface area contributed by atoms with Gasteiger partial charge in [0.1, 0.15) is 5.75 Å². The van der Waals surface area contributed by atoms with Crippen LogP contribution >= 0.6 is 11.8 Å². The van der Waals surface area contributed by atoms with Gasteiger partial charge < -0.3 is 9.64 Å². The standard InChI is InChI=1S/C21H23NO2S/c23-19(17-6-7-20-21(14-17)25-13-12-24-20)9-11-22-10-8-18(15-22)16-4-2-1-3-5-16/h1-7,14,18H,8-13,15H2. The van der Waals surface area contributed by atoms with E-state index in [0.29, 0.717) is 12.3 Å². The third kappa shape index (κ3) is 3.91. The molecule has 2 aromatic carbocycles. The minimum absolute atomic E-state index is 0.233. The van der Waals surface area contributed by atoms with Crippen molar-refractivity contribution in [3.8, 4) is 5.75 Å². The van der Waals surface area contributed by atoms with Gasteiger partial charge in [0, 0.05) is 30.8 Å². The minimum atomic E-state index is 0.233. The molecule has 0 radical (unpaired) electrons. The van der Waals surface area contributed by atoms with Gasteiger partial charge in [-0.2, -0.15) is 0 Å². The molecule has 2 aliphatic rings. The Balaban J connectivity index is 1.32. The first kappa shape index (κ1) is 16.7. The Hall–Kier alpha value is -1.78. The van der Waals surface area contributed by atoms with Crippen LogP contribution in [0.2, 0.25) is 0 Å². The number of carbonyl (C=O) groups is 1. The SMILES string of the molecule is O=C(CCN1CCC(c2ccccc2)C1)c1ccc2c(c1)SCCO2. The van der Waals surface area contributed by atoms with Crippen molar-refractivity contribution in [1.29, 1.82) is 0 Å². The van der Waals surface area contributed by atoms with Gasteiger partial charge in [-0.15, -0.1) is 11.8 Å². The number of hydrogen-bond acceptors (Lipinski definition) is 4. The summed E-state index contributed by atoms with van der Waals surface area (Å²) in [5, 5.41) is 0. The molecular formula is C21H23NO2S. The third-order valence-electron chi connectivity index (χ3n) is 5.06. The lowest BCUT2D eigenvalue weighted by atomic mass is 9.99. The summed E-state index contributed by atoms with van der Waals surface area (Å²) < 4.78 is 5.61. The molecular weight excluding hydrogens is 330 g/mol. The van der Waals surface area contributed by atoms with Gasteiger partial charge >= 0.3 is 0 Å². The van der Waals surface area contributed by atoms with Crippen molar-refractivity contribution < 1.29 is 9.53 Å². The summed E-state index contributed by atoms with van der Waals surface area (Å²) in [6.07, 6.45) is 1.77. The first-order valence-electron chi connectivity index (χ1n) is 9.00. The molecule has 1 atom stereocenters. The molecule has 130 valence electrons. The molecule has 0 N–H and O–H groups in total. The van der Waals surface area contributed by atoms with Crippen LogP contribution in [0.3, 0.4) is 0 Å². The van der Waals surface area contributed by atoms with Crippen LogP contribution < -0.4 is 4.74 Å². The van der Waals surface area contributed by atoms with E-state index in [1.54, 1.807) is 11.8 Å². The molecule has 0 aliphatic carbocycles. The Bertz CT molecular complexity index is 747. The maximum atomic E-state index is 12.6. The van der Waals surface area contributed by atoms with Gasteiger partial charge in [-0.3, -0.25) is 4.79 Å². The zero-order valence-electron chi connectivity index (χ0n) is 14.3. The summed E-state index contributed by atoms with van der Waals surface area (Å²) in [7, 11) is 0. The van der Waals surface area contributed by atoms with Gasteiger partial charge in [-0.1, -0.05) is 30.3 Å². The zero-order valence-corrected chi connectivity index (χ0v) is 15.1. The Morgan fingerprint density at radius 1 is 1.20 bits per heavy atom. The molecule has 1 unspecified atom stereocenters. The van der Waals surface area contributed by atoms with E-state index in [-0.39, 0.29) is 5.78 Å². The third-order valence-corrected chi connectivity index (χ3v) is 6.06. The molecule has 2 heterocycles. The second-order valence-electron chi connectivity index (χ2n) is 6.73. The zero-order chi connectivity index (χ0) is 17.1. The van der Waals surface area contributed by atoms with Gasteiger partial charge in [0.25, 0.3) is 0 Å². The second kappa shape index (κ2) is 7.63. The number of thioether (sulfide) groups is 1. The highest BCUT2D eigenvalue weighted by molar-refractivity contribution is 7.99. The number of benzene rings is 2. The predicted octanol–water partition coefficient (Wildman–Crippen LogP) is 4.23. The summed E-state index contributed by atoms with van der Waals surface area (Å²) in [4.78, 5) is 16.1. The molecule has 25 heavy (non-hydrogen) atoms. The lowest BCUT2D eigenvalue weighted by Gasteiger charge is -2.18. The molecule has 4 rings (SSSR count). The van der Waals surface area contributed by atoms with Crippen molar-refractivity contribution in [2.75, 3.05) is 32.0 Å². The summed E-state index contributed by atoms with van der Waals surface area (Å²) in [6.45, 7) is 3.75. The number of carbonyl (C=O) groups excluding carboxylic acids is 1. The molecule has 0 saturated carbocycles. The van der Waals surface area contributed by atoms with E-state index in [1.807, 2.05) is 18.2 Å². The second-order valence-corrected chi connectivity index (χ2v) is 7.87. The lowest BCUT2D eigenvalue weighted by Crippen LogP contribution is -2.23. The molecule has 1 fully saturated rings. The van der Waals surface area contributed by atoms with Crippen molar-refractivity contribution in [2.45, 2.75) is 23.7 Å². The van der Waals surface area contributed by atoms with Crippen molar-refractivity contribution in [3.63, 3.8) is 0 Å². The van der Waals surface area contributed by atoms with E-state index in [1.165, 1.54) is 12.0 Å². The van der Waals surface area contributed by atoms with Crippen molar-refractivity contribution in [3.05, 3.63) is 59.7 Å². The number of fused-ring (bicyclic) bond motifs is 1. The lowest BCUT2D eigenvalue weighted by molar-refractivity contribution is 0.0968. The van der Waals surface area contributed by atoms with Crippen LogP contribution in [0, 0.1) is 0 Å².